The molecule has 174 valence electrons. The van der Waals surface area contributed by atoms with Crippen molar-refractivity contribution in [3.63, 3.8) is 0 Å². The quantitative estimate of drug-likeness (QED) is 0.471. The number of aliphatic hydroxyl groups is 2. The fourth-order valence-electron chi connectivity index (χ4n) is 7.94. The molecule has 3 aliphatic heterocycles. The van der Waals surface area contributed by atoms with Gasteiger partial charge in [0.25, 0.3) is 0 Å². The maximum Gasteiger partial charge on any atom is 0.335 e. The second-order valence-electron chi connectivity index (χ2n) is 11.6. The lowest BCUT2D eigenvalue weighted by atomic mass is 9.52. The summed E-state index contributed by atoms with van der Waals surface area (Å²) < 4.78 is 17.5. The molecule has 0 radical (unpaired) electrons. The van der Waals surface area contributed by atoms with Crippen LogP contribution in [0.25, 0.3) is 0 Å². The van der Waals surface area contributed by atoms with Gasteiger partial charge in [-0.1, -0.05) is 38.8 Å². The number of carbonyl (C=O) groups excluding carboxylic acids is 2. The number of ether oxygens (including phenoxy) is 3. The Hall–Kier alpha value is -1.54. The number of hydrogen-bond acceptors (Lipinski definition) is 7. The first-order valence-electron chi connectivity index (χ1n) is 11.9. The fourth-order valence-corrected chi connectivity index (χ4v) is 7.94. The van der Waals surface area contributed by atoms with Crippen LogP contribution in [0.4, 0.5) is 0 Å². The van der Waals surface area contributed by atoms with E-state index in [0.29, 0.717) is 5.92 Å². The number of rotatable bonds is 1. The number of esters is 1. The van der Waals surface area contributed by atoms with E-state index in [1.165, 1.54) is 11.1 Å². The molecule has 0 aromatic carbocycles. The Balaban J connectivity index is 1.57. The number of fused-ring (bicyclic) bond motifs is 4. The summed E-state index contributed by atoms with van der Waals surface area (Å²) in [5.74, 6) is -1.76. The van der Waals surface area contributed by atoms with Gasteiger partial charge >= 0.3 is 5.97 Å². The molecule has 9 atom stereocenters. The molecule has 3 heterocycles. The van der Waals surface area contributed by atoms with Gasteiger partial charge in [-0.15, -0.1) is 0 Å². The first-order chi connectivity index (χ1) is 15.0. The van der Waals surface area contributed by atoms with Crippen LogP contribution in [-0.4, -0.2) is 58.8 Å². The van der Waals surface area contributed by atoms with Gasteiger partial charge in [-0.2, -0.15) is 0 Å². The molecular weight excluding hydrogens is 412 g/mol. The van der Waals surface area contributed by atoms with Gasteiger partial charge in [0.1, 0.15) is 6.61 Å². The topological polar surface area (TPSA) is 102 Å². The molecule has 4 fully saturated rings. The molecule has 0 bridgehead atoms. The molecule has 0 aromatic rings. The molecule has 2 N–H and O–H groups in total. The van der Waals surface area contributed by atoms with Crippen LogP contribution < -0.4 is 0 Å². The smallest absolute Gasteiger partial charge is 0.335 e. The minimum absolute atomic E-state index is 0.0105. The van der Waals surface area contributed by atoms with Crippen molar-refractivity contribution in [2.24, 2.45) is 28.6 Å². The third-order valence-corrected chi connectivity index (χ3v) is 9.55. The largest absolute Gasteiger partial charge is 0.448 e. The number of aliphatic hydroxyl groups excluding tert-OH is 1. The highest BCUT2D eigenvalue weighted by atomic mass is 16.7. The molecule has 1 saturated carbocycles. The summed E-state index contributed by atoms with van der Waals surface area (Å²) in [5, 5.41) is 23.4. The van der Waals surface area contributed by atoms with Crippen LogP contribution in [0.2, 0.25) is 0 Å². The minimum Gasteiger partial charge on any atom is -0.448 e. The number of Topliss-reactive ketones (excluding diaryl/α,β-unsaturated/α-hetero) is 1. The zero-order valence-corrected chi connectivity index (χ0v) is 19.1. The van der Waals surface area contributed by atoms with Crippen molar-refractivity contribution < 1.29 is 34.0 Å². The summed E-state index contributed by atoms with van der Waals surface area (Å²) in [7, 11) is 0. The maximum atomic E-state index is 13.0. The highest BCUT2D eigenvalue weighted by Gasteiger charge is 2.74. The van der Waals surface area contributed by atoms with Crippen LogP contribution in [0.1, 0.15) is 53.4 Å². The summed E-state index contributed by atoms with van der Waals surface area (Å²) in [6.45, 7) is 8.55. The monoisotopic (exact) mass is 444 g/mol. The molecule has 0 amide bonds. The van der Waals surface area contributed by atoms with E-state index in [2.05, 4.69) is 27.7 Å². The predicted molar refractivity (Wildman–Crippen MR) is 112 cm³/mol. The SMILES string of the molecule is CC(C)C1=C2[C@H]3[C@@H](O)C=C4C(=O)O[C@H]5C(=O)CO[C@H]6O[C@@H]([C@@H]4[C@]65O)[C@]3(C)CC[C@@]2(C)CC1. The van der Waals surface area contributed by atoms with Crippen molar-refractivity contribution in [3.8, 4) is 0 Å². The summed E-state index contributed by atoms with van der Waals surface area (Å²) in [4.78, 5) is 25.6. The van der Waals surface area contributed by atoms with Gasteiger partial charge in [0, 0.05) is 16.9 Å². The van der Waals surface area contributed by atoms with E-state index >= 15 is 0 Å². The van der Waals surface area contributed by atoms with Crippen LogP contribution in [0.3, 0.4) is 0 Å². The van der Waals surface area contributed by atoms with E-state index in [0.717, 1.165) is 25.7 Å². The minimum atomic E-state index is -1.77. The van der Waals surface area contributed by atoms with Crippen molar-refractivity contribution in [1.29, 1.82) is 0 Å². The normalized spacial score (nSPS) is 51.7. The van der Waals surface area contributed by atoms with E-state index in [1.807, 2.05) is 0 Å². The van der Waals surface area contributed by atoms with E-state index in [9.17, 15) is 19.8 Å². The molecule has 7 nitrogen and oxygen atoms in total. The van der Waals surface area contributed by atoms with Gasteiger partial charge in [-0.25, -0.2) is 4.79 Å². The Morgan fingerprint density at radius 1 is 1.12 bits per heavy atom. The Morgan fingerprint density at radius 3 is 2.59 bits per heavy atom. The maximum absolute atomic E-state index is 13.0. The number of ketones is 1. The average molecular weight is 445 g/mol. The van der Waals surface area contributed by atoms with E-state index in [1.54, 1.807) is 6.08 Å². The van der Waals surface area contributed by atoms with Crippen molar-refractivity contribution in [2.75, 3.05) is 6.61 Å². The summed E-state index contributed by atoms with van der Waals surface area (Å²) in [6.07, 6.45) is 1.58. The van der Waals surface area contributed by atoms with Crippen molar-refractivity contribution in [3.05, 3.63) is 22.8 Å². The number of allylic oxidation sites excluding steroid dienone is 1. The summed E-state index contributed by atoms with van der Waals surface area (Å²) in [6, 6.07) is 0. The average Bonchev–Trinajstić information content (AvgIpc) is 3.20. The number of hydrogen-bond donors (Lipinski definition) is 2. The predicted octanol–water partition coefficient (Wildman–Crippen LogP) is 2.05. The van der Waals surface area contributed by atoms with Gasteiger partial charge < -0.3 is 24.4 Å². The standard InChI is InChI=1S/C25H32O7/c1-11(2)12-5-6-23(3)7-8-24(4)18(16(12)23)14(26)9-13-17-20(24)32-22-25(17,29)19(31-21(13)28)15(27)10-30-22/h9,11,14,17-20,22,26,29H,5-8,10H2,1-4H3/t14-,17+,18+,19-,20-,22-,23+,24+,25+/m0/s1. The molecule has 32 heavy (non-hydrogen) atoms. The Morgan fingerprint density at radius 2 is 1.88 bits per heavy atom. The van der Waals surface area contributed by atoms with Gasteiger partial charge in [0.15, 0.2) is 18.0 Å². The van der Waals surface area contributed by atoms with Gasteiger partial charge in [-0.05, 0) is 43.1 Å². The van der Waals surface area contributed by atoms with Crippen LogP contribution in [0, 0.1) is 28.6 Å². The zero-order valence-electron chi connectivity index (χ0n) is 19.1. The van der Waals surface area contributed by atoms with E-state index < -0.39 is 53.3 Å². The van der Waals surface area contributed by atoms with Gasteiger partial charge in [-0.3, -0.25) is 4.79 Å². The zero-order chi connectivity index (χ0) is 22.8. The highest BCUT2D eigenvalue weighted by Crippen LogP contribution is 2.67. The lowest BCUT2D eigenvalue weighted by Crippen LogP contribution is -2.67. The lowest BCUT2D eigenvalue weighted by Gasteiger charge is -2.53. The summed E-state index contributed by atoms with van der Waals surface area (Å²) in [5.41, 5.74) is 0.607. The molecular formula is C25H32O7. The highest BCUT2D eigenvalue weighted by molar-refractivity contribution is 5.97. The first-order valence-corrected chi connectivity index (χ1v) is 11.9. The Kier molecular flexibility index (Phi) is 4.15. The fraction of sp³-hybridized carbons (Fsp3) is 0.760. The van der Waals surface area contributed by atoms with Crippen molar-refractivity contribution in [2.45, 2.75) is 83.6 Å². The molecule has 6 rings (SSSR count). The van der Waals surface area contributed by atoms with Crippen molar-refractivity contribution in [1.82, 2.24) is 0 Å². The van der Waals surface area contributed by atoms with Crippen LogP contribution in [0.5, 0.6) is 0 Å². The number of carbonyl (C=O) groups is 2. The second kappa shape index (κ2) is 6.32. The van der Waals surface area contributed by atoms with Crippen LogP contribution >= 0.6 is 0 Å². The van der Waals surface area contributed by atoms with Gasteiger partial charge in [0.05, 0.1) is 18.1 Å². The molecule has 0 aromatic heterocycles. The van der Waals surface area contributed by atoms with Crippen LogP contribution in [0.15, 0.2) is 22.8 Å². The molecule has 0 unspecified atom stereocenters. The molecule has 6 aliphatic rings. The van der Waals surface area contributed by atoms with E-state index in [4.69, 9.17) is 14.2 Å². The third-order valence-electron chi connectivity index (χ3n) is 9.55. The van der Waals surface area contributed by atoms with Crippen LogP contribution in [-0.2, 0) is 23.8 Å². The van der Waals surface area contributed by atoms with Gasteiger partial charge in [0.2, 0.25) is 5.78 Å². The van der Waals surface area contributed by atoms with Crippen molar-refractivity contribution >= 4 is 11.8 Å². The Labute approximate surface area is 187 Å². The second-order valence-corrected chi connectivity index (χ2v) is 11.6. The lowest BCUT2D eigenvalue weighted by molar-refractivity contribution is -0.261. The van der Waals surface area contributed by atoms with E-state index in [-0.39, 0.29) is 23.5 Å². The summed E-state index contributed by atoms with van der Waals surface area (Å²) >= 11 is 0. The molecule has 3 aliphatic carbocycles. The molecule has 7 heteroatoms. The first kappa shape index (κ1) is 21.0. The molecule has 3 saturated heterocycles. The molecule has 0 spiro atoms. The Bertz CT molecular complexity index is 981. The third kappa shape index (κ3) is 2.31.